The monoisotopic (exact) mass is 279 g/mol. The number of hydrogen-bond donors (Lipinski definition) is 1. The van der Waals surface area contributed by atoms with Crippen LogP contribution in [0.3, 0.4) is 0 Å². The summed E-state index contributed by atoms with van der Waals surface area (Å²) >= 11 is 1.54. The van der Waals surface area contributed by atoms with E-state index < -0.39 is 5.97 Å². The van der Waals surface area contributed by atoms with Gasteiger partial charge in [-0.05, 0) is 24.8 Å². The minimum absolute atomic E-state index is 0.282. The highest BCUT2D eigenvalue weighted by Crippen LogP contribution is 2.24. The van der Waals surface area contributed by atoms with Crippen LogP contribution in [0.15, 0.2) is 41.3 Å². The zero-order chi connectivity index (χ0) is 14.1. The van der Waals surface area contributed by atoms with Crippen molar-refractivity contribution in [2.45, 2.75) is 18.2 Å². The molecular weight excluding hydrogens is 262 g/mol. The molecule has 4 nitrogen and oxygen atoms in total. The van der Waals surface area contributed by atoms with Gasteiger partial charge in [0.05, 0.1) is 5.69 Å². The number of rotatable bonds is 6. The number of ether oxygens (including phenoxy) is 1. The number of hydrogen-bond acceptors (Lipinski definition) is 4. The lowest BCUT2D eigenvalue weighted by atomic mass is 10.3. The first-order valence-electron chi connectivity index (χ1n) is 5.93. The molecule has 0 bridgehead atoms. The van der Waals surface area contributed by atoms with E-state index in [1.807, 2.05) is 37.4 Å². The van der Waals surface area contributed by atoms with E-state index in [2.05, 4.69) is 5.32 Å². The van der Waals surface area contributed by atoms with Crippen molar-refractivity contribution in [1.29, 1.82) is 0 Å². The Morgan fingerprint density at radius 3 is 2.79 bits per heavy atom. The molecule has 1 aromatic carbocycles. The Balaban J connectivity index is 2.47. The maximum atomic E-state index is 11.6. The largest absolute Gasteiger partial charge is 0.452 e. The fraction of sp³-hybridized carbons (Fsp3) is 0.286. The van der Waals surface area contributed by atoms with Crippen LogP contribution in [0.25, 0.3) is 0 Å². The lowest BCUT2D eigenvalue weighted by Crippen LogP contribution is -2.20. The molecule has 1 aromatic rings. The van der Waals surface area contributed by atoms with Gasteiger partial charge in [0.15, 0.2) is 6.61 Å². The van der Waals surface area contributed by atoms with Gasteiger partial charge in [0.1, 0.15) is 0 Å². The van der Waals surface area contributed by atoms with E-state index in [9.17, 15) is 9.59 Å². The van der Waals surface area contributed by atoms with Gasteiger partial charge in [0.2, 0.25) is 0 Å². The summed E-state index contributed by atoms with van der Waals surface area (Å²) in [5.41, 5.74) is 0.722. The van der Waals surface area contributed by atoms with Crippen molar-refractivity contribution in [3.05, 3.63) is 36.4 Å². The van der Waals surface area contributed by atoms with E-state index in [1.54, 1.807) is 6.08 Å². The molecule has 0 saturated heterocycles. The molecule has 0 aromatic heterocycles. The van der Waals surface area contributed by atoms with Crippen molar-refractivity contribution in [2.75, 3.05) is 18.2 Å². The summed E-state index contributed by atoms with van der Waals surface area (Å²) in [6.07, 6.45) is 5.69. The Hall–Kier alpha value is -1.75. The van der Waals surface area contributed by atoms with Crippen molar-refractivity contribution in [1.82, 2.24) is 0 Å². The van der Waals surface area contributed by atoms with Gasteiger partial charge in [-0.1, -0.05) is 25.1 Å². The van der Waals surface area contributed by atoms with Crippen molar-refractivity contribution in [3.63, 3.8) is 0 Å². The van der Waals surface area contributed by atoms with Crippen LogP contribution in [0.2, 0.25) is 0 Å². The fourth-order valence-electron chi connectivity index (χ4n) is 1.33. The van der Waals surface area contributed by atoms with Crippen LogP contribution >= 0.6 is 11.8 Å². The number of allylic oxidation sites excluding steroid dienone is 1. The highest BCUT2D eigenvalue weighted by atomic mass is 32.2. The third-order valence-electron chi connectivity index (χ3n) is 2.22. The van der Waals surface area contributed by atoms with Crippen LogP contribution < -0.4 is 5.32 Å². The van der Waals surface area contributed by atoms with Crippen LogP contribution in [-0.2, 0) is 14.3 Å². The molecule has 1 amide bonds. The second-order valence-corrected chi connectivity index (χ2v) is 4.51. The number of esters is 1. The van der Waals surface area contributed by atoms with Crippen molar-refractivity contribution in [3.8, 4) is 0 Å². The average molecular weight is 279 g/mol. The van der Waals surface area contributed by atoms with Crippen LogP contribution in [0.5, 0.6) is 0 Å². The Bertz CT molecular complexity index is 472. The van der Waals surface area contributed by atoms with Crippen molar-refractivity contribution < 1.29 is 14.3 Å². The summed E-state index contributed by atoms with van der Waals surface area (Å²) in [6, 6.07) is 7.46. The smallest absolute Gasteiger partial charge is 0.330 e. The summed E-state index contributed by atoms with van der Waals surface area (Å²) in [5.74, 6) is -0.852. The minimum Gasteiger partial charge on any atom is -0.452 e. The molecule has 0 aliphatic carbocycles. The van der Waals surface area contributed by atoms with Gasteiger partial charge >= 0.3 is 5.97 Å². The number of amides is 1. The summed E-state index contributed by atoms with van der Waals surface area (Å²) in [5, 5.41) is 2.71. The van der Waals surface area contributed by atoms with Gasteiger partial charge in [-0.25, -0.2) is 4.79 Å². The zero-order valence-electron chi connectivity index (χ0n) is 11.0. The van der Waals surface area contributed by atoms with Gasteiger partial charge in [-0.15, -0.1) is 11.8 Å². The Labute approximate surface area is 117 Å². The first-order chi connectivity index (χ1) is 9.17. The highest BCUT2D eigenvalue weighted by Gasteiger charge is 2.07. The van der Waals surface area contributed by atoms with Crippen LogP contribution in [0, 0.1) is 0 Å². The van der Waals surface area contributed by atoms with E-state index in [-0.39, 0.29) is 12.5 Å². The van der Waals surface area contributed by atoms with Gasteiger partial charge in [0.25, 0.3) is 5.91 Å². The second-order valence-electron chi connectivity index (χ2n) is 3.67. The third kappa shape index (κ3) is 5.61. The standard InChI is InChI=1S/C14H17NO3S/c1-3-4-9-14(17)18-10-13(16)15-11-7-5-6-8-12(11)19-2/h4-9H,3,10H2,1-2H3,(H,15,16)/b9-4+. The van der Waals surface area contributed by atoms with E-state index in [0.29, 0.717) is 0 Å². The molecule has 0 heterocycles. The summed E-state index contributed by atoms with van der Waals surface area (Å²) in [7, 11) is 0. The van der Waals surface area contributed by atoms with Crippen molar-refractivity contribution in [2.24, 2.45) is 0 Å². The number of carbonyl (C=O) groups excluding carboxylic acids is 2. The summed E-state index contributed by atoms with van der Waals surface area (Å²) in [6.45, 7) is 1.63. The number of carbonyl (C=O) groups is 2. The summed E-state index contributed by atoms with van der Waals surface area (Å²) in [4.78, 5) is 23.8. The fourth-order valence-corrected chi connectivity index (χ4v) is 1.89. The maximum absolute atomic E-state index is 11.6. The SMILES string of the molecule is CC/C=C/C(=O)OCC(=O)Nc1ccccc1SC. The third-order valence-corrected chi connectivity index (χ3v) is 3.01. The molecule has 0 atom stereocenters. The average Bonchev–Trinajstić information content (AvgIpc) is 2.43. The molecule has 0 aliphatic rings. The van der Waals surface area contributed by atoms with Crippen LogP contribution in [0.1, 0.15) is 13.3 Å². The molecule has 19 heavy (non-hydrogen) atoms. The predicted molar refractivity (Wildman–Crippen MR) is 77.2 cm³/mol. The number of thioether (sulfide) groups is 1. The first-order valence-corrected chi connectivity index (χ1v) is 7.16. The molecule has 0 unspecified atom stereocenters. The Kier molecular flexibility index (Phi) is 6.74. The quantitative estimate of drug-likeness (QED) is 0.494. The predicted octanol–water partition coefficient (Wildman–Crippen LogP) is 2.86. The normalized spacial score (nSPS) is 10.4. The molecular formula is C14H17NO3S. The van der Waals surface area contributed by atoms with Gasteiger partial charge < -0.3 is 10.1 Å². The molecule has 0 aliphatic heterocycles. The molecule has 1 N–H and O–H groups in total. The highest BCUT2D eigenvalue weighted by molar-refractivity contribution is 7.98. The second kappa shape index (κ2) is 8.37. The van der Waals surface area contributed by atoms with E-state index in [4.69, 9.17) is 4.74 Å². The molecule has 102 valence electrons. The first kappa shape index (κ1) is 15.3. The Morgan fingerprint density at radius 1 is 1.37 bits per heavy atom. The lowest BCUT2D eigenvalue weighted by Gasteiger charge is -2.08. The van der Waals surface area contributed by atoms with Gasteiger partial charge in [-0.2, -0.15) is 0 Å². The van der Waals surface area contributed by atoms with E-state index in [0.717, 1.165) is 17.0 Å². The zero-order valence-corrected chi connectivity index (χ0v) is 11.8. The molecule has 0 saturated carbocycles. The molecule has 0 radical (unpaired) electrons. The number of para-hydroxylation sites is 1. The summed E-state index contributed by atoms with van der Waals surface area (Å²) < 4.78 is 4.81. The molecule has 0 spiro atoms. The van der Waals surface area contributed by atoms with Crippen LogP contribution in [0.4, 0.5) is 5.69 Å². The number of benzene rings is 1. The maximum Gasteiger partial charge on any atom is 0.330 e. The van der Waals surface area contributed by atoms with E-state index in [1.165, 1.54) is 17.8 Å². The van der Waals surface area contributed by atoms with E-state index >= 15 is 0 Å². The van der Waals surface area contributed by atoms with Gasteiger partial charge in [0, 0.05) is 11.0 Å². The topological polar surface area (TPSA) is 55.4 Å². The lowest BCUT2D eigenvalue weighted by molar-refractivity contribution is -0.142. The number of anilines is 1. The Morgan fingerprint density at radius 2 is 2.11 bits per heavy atom. The molecule has 5 heteroatoms. The minimum atomic E-state index is -0.504. The molecule has 0 fully saturated rings. The number of nitrogens with one attached hydrogen (secondary N) is 1. The van der Waals surface area contributed by atoms with Crippen molar-refractivity contribution >= 4 is 29.3 Å². The molecule has 1 rings (SSSR count). The van der Waals surface area contributed by atoms with Crippen LogP contribution in [-0.4, -0.2) is 24.7 Å². The van der Waals surface area contributed by atoms with Gasteiger partial charge in [-0.3, -0.25) is 4.79 Å².